The molecule has 1 atom stereocenters. The van der Waals surface area contributed by atoms with E-state index in [0.717, 1.165) is 29.9 Å². The number of hydrogen-bond donors (Lipinski definition) is 1. The lowest BCUT2D eigenvalue weighted by atomic mass is 9.90. The SMILES string of the molecule is Cc1cnccc1N1CCN(C(=O)COc2ccc(C3CCC(=O)NC3=O)cc2)CC1. The molecular weight excluding hydrogens is 396 g/mol. The highest BCUT2D eigenvalue weighted by atomic mass is 16.5. The second kappa shape index (κ2) is 9.16. The van der Waals surface area contributed by atoms with Gasteiger partial charge in [-0.05, 0) is 42.7 Å². The first-order valence-electron chi connectivity index (χ1n) is 10.5. The van der Waals surface area contributed by atoms with E-state index >= 15 is 0 Å². The molecule has 0 saturated carbocycles. The van der Waals surface area contributed by atoms with Crippen LogP contribution in [0.1, 0.15) is 29.9 Å². The largest absolute Gasteiger partial charge is 0.484 e. The average molecular weight is 422 g/mol. The van der Waals surface area contributed by atoms with Crippen molar-refractivity contribution in [3.63, 3.8) is 0 Å². The van der Waals surface area contributed by atoms with Gasteiger partial charge in [-0.2, -0.15) is 0 Å². The quantitative estimate of drug-likeness (QED) is 0.737. The van der Waals surface area contributed by atoms with Gasteiger partial charge in [0.25, 0.3) is 5.91 Å². The van der Waals surface area contributed by atoms with Crippen LogP contribution in [0.15, 0.2) is 42.7 Å². The van der Waals surface area contributed by atoms with E-state index < -0.39 is 0 Å². The van der Waals surface area contributed by atoms with E-state index in [4.69, 9.17) is 4.74 Å². The van der Waals surface area contributed by atoms with Crippen LogP contribution < -0.4 is 15.0 Å². The molecule has 2 aliphatic heterocycles. The number of benzene rings is 1. The maximum absolute atomic E-state index is 12.6. The number of ether oxygens (including phenoxy) is 1. The summed E-state index contributed by atoms with van der Waals surface area (Å²) in [4.78, 5) is 44.1. The number of piperidine rings is 1. The molecule has 1 aromatic heterocycles. The number of carbonyl (C=O) groups excluding carboxylic acids is 3. The van der Waals surface area contributed by atoms with Gasteiger partial charge in [0.15, 0.2) is 6.61 Å². The number of imide groups is 1. The van der Waals surface area contributed by atoms with Gasteiger partial charge in [-0.15, -0.1) is 0 Å². The molecule has 3 amide bonds. The Morgan fingerprint density at radius 1 is 1.13 bits per heavy atom. The first-order chi connectivity index (χ1) is 15.0. The Hall–Kier alpha value is -3.42. The summed E-state index contributed by atoms with van der Waals surface area (Å²) in [7, 11) is 0. The third kappa shape index (κ3) is 4.84. The van der Waals surface area contributed by atoms with E-state index in [1.54, 1.807) is 18.3 Å². The highest BCUT2D eigenvalue weighted by Gasteiger charge is 2.28. The Labute approximate surface area is 181 Å². The first kappa shape index (κ1) is 20.8. The Bertz CT molecular complexity index is 968. The Morgan fingerprint density at radius 3 is 2.55 bits per heavy atom. The smallest absolute Gasteiger partial charge is 0.260 e. The number of aryl methyl sites for hydroxylation is 1. The molecule has 0 bridgehead atoms. The van der Waals surface area contributed by atoms with E-state index in [1.807, 2.05) is 36.2 Å². The molecule has 1 unspecified atom stereocenters. The second-order valence-corrected chi connectivity index (χ2v) is 7.89. The van der Waals surface area contributed by atoms with Crippen molar-refractivity contribution in [3.8, 4) is 5.75 Å². The topological polar surface area (TPSA) is 91.8 Å². The predicted octanol–water partition coefficient (Wildman–Crippen LogP) is 1.64. The third-order valence-corrected chi connectivity index (χ3v) is 5.85. The summed E-state index contributed by atoms with van der Waals surface area (Å²) >= 11 is 0. The molecule has 31 heavy (non-hydrogen) atoms. The normalized spacial score (nSPS) is 19.2. The van der Waals surface area contributed by atoms with Crippen molar-refractivity contribution in [2.24, 2.45) is 0 Å². The molecule has 1 aromatic carbocycles. The van der Waals surface area contributed by atoms with Gasteiger partial charge in [-0.1, -0.05) is 12.1 Å². The maximum Gasteiger partial charge on any atom is 0.260 e. The van der Waals surface area contributed by atoms with Crippen LogP contribution in [0.5, 0.6) is 5.75 Å². The molecule has 0 aliphatic carbocycles. The average Bonchev–Trinajstić information content (AvgIpc) is 2.78. The number of rotatable bonds is 5. The maximum atomic E-state index is 12.6. The van der Waals surface area contributed by atoms with Crippen molar-refractivity contribution in [2.75, 3.05) is 37.7 Å². The van der Waals surface area contributed by atoms with Gasteiger partial charge in [0.05, 0.1) is 5.92 Å². The fraction of sp³-hybridized carbons (Fsp3) is 0.391. The Morgan fingerprint density at radius 2 is 1.87 bits per heavy atom. The van der Waals surface area contributed by atoms with Gasteiger partial charge in [0, 0.05) is 50.7 Å². The van der Waals surface area contributed by atoms with Crippen LogP contribution in [0.4, 0.5) is 5.69 Å². The molecule has 2 fully saturated rings. The van der Waals surface area contributed by atoms with Crippen molar-refractivity contribution in [1.29, 1.82) is 0 Å². The highest BCUT2D eigenvalue weighted by Crippen LogP contribution is 2.26. The summed E-state index contributed by atoms with van der Waals surface area (Å²) in [6.45, 7) is 4.87. The number of piperazine rings is 1. The summed E-state index contributed by atoms with van der Waals surface area (Å²) in [5.41, 5.74) is 3.13. The molecule has 2 saturated heterocycles. The lowest BCUT2D eigenvalue weighted by Gasteiger charge is -2.36. The van der Waals surface area contributed by atoms with Crippen molar-refractivity contribution in [2.45, 2.75) is 25.7 Å². The van der Waals surface area contributed by atoms with Gasteiger partial charge < -0.3 is 14.5 Å². The van der Waals surface area contributed by atoms with Gasteiger partial charge in [0.2, 0.25) is 11.8 Å². The molecule has 3 heterocycles. The lowest BCUT2D eigenvalue weighted by molar-refractivity contribution is -0.135. The summed E-state index contributed by atoms with van der Waals surface area (Å²) in [6, 6.07) is 9.16. The van der Waals surface area contributed by atoms with Crippen molar-refractivity contribution >= 4 is 23.4 Å². The molecule has 0 radical (unpaired) electrons. The summed E-state index contributed by atoms with van der Waals surface area (Å²) in [6.07, 6.45) is 4.50. The molecule has 2 aromatic rings. The summed E-state index contributed by atoms with van der Waals surface area (Å²) in [5, 5.41) is 2.37. The van der Waals surface area contributed by atoms with Gasteiger partial charge in [-0.25, -0.2) is 0 Å². The van der Waals surface area contributed by atoms with Crippen molar-refractivity contribution < 1.29 is 19.1 Å². The van der Waals surface area contributed by atoms with Gasteiger partial charge in [0.1, 0.15) is 5.75 Å². The Balaban J connectivity index is 1.26. The molecule has 2 aliphatic rings. The number of anilines is 1. The zero-order chi connectivity index (χ0) is 21.8. The predicted molar refractivity (Wildman–Crippen MR) is 115 cm³/mol. The standard InChI is InChI=1S/C23H26N4O4/c1-16-14-24-9-8-20(16)26-10-12-27(13-11-26)22(29)15-31-18-4-2-17(3-5-18)19-6-7-21(28)25-23(19)30/h2-5,8-9,14,19H,6-7,10-13,15H2,1H3,(H,25,28,30). The van der Waals surface area contributed by atoms with Crippen LogP contribution in [0.2, 0.25) is 0 Å². The lowest BCUT2D eigenvalue weighted by Crippen LogP contribution is -2.50. The molecule has 162 valence electrons. The van der Waals surface area contributed by atoms with E-state index in [2.05, 4.69) is 15.2 Å². The zero-order valence-electron chi connectivity index (χ0n) is 17.5. The third-order valence-electron chi connectivity index (χ3n) is 5.85. The van der Waals surface area contributed by atoms with Crippen LogP contribution in [-0.4, -0.2) is 60.4 Å². The molecule has 8 heteroatoms. The van der Waals surface area contributed by atoms with Gasteiger partial charge in [-0.3, -0.25) is 24.7 Å². The first-order valence-corrected chi connectivity index (χ1v) is 10.5. The molecular formula is C23H26N4O4. The number of nitrogens with one attached hydrogen (secondary N) is 1. The Kier molecular flexibility index (Phi) is 6.16. The number of pyridine rings is 1. The van der Waals surface area contributed by atoms with Crippen LogP contribution in [0.3, 0.4) is 0 Å². The van der Waals surface area contributed by atoms with Crippen LogP contribution in [0.25, 0.3) is 0 Å². The van der Waals surface area contributed by atoms with E-state index in [-0.39, 0.29) is 30.2 Å². The van der Waals surface area contributed by atoms with Crippen molar-refractivity contribution in [3.05, 3.63) is 53.9 Å². The fourth-order valence-corrected chi connectivity index (χ4v) is 4.06. The van der Waals surface area contributed by atoms with Crippen molar-refractivity contribution in [1.82, 2.24) is 15.2 Å². The summed E-state index contributed by atoms with van der Waals surface area (Å²) < 4.78 is 5.67. The molecule has 8 nitrogen and oxygen atoms in total. The number of carbonyl (C=O) groups is 3. The van der Waals surface area contributed by atoms with E-state index in [9.17, 15) is 14.4 Å². The van der Waals surface area contributed by atoms with Crippen LogP contribution >= 0.6 is 0 Å². The second-order valence-electron chi connectivity index (χ2n) is 7.89. The van der Waals surface area contributed by atoms with Crippen LogP contribution in [-0.2, 0) is 14.4 Å². The van der Waals surface area contributed by atoms with Crippen LogP contribution in [0, 0.1) is 6.92 Å². The number of amides is 3. The molecule has 4 rings (SSSR count). The monoisotopic (exact) mass is 422 g/mol. The fourth-order valence-electron chi connectivity index (χ4n) is 4.06. The number of hydrogen-bond acceptors (Lipinski definition) is 6. The van der Waals surface area contributed by atoms with E-state index in [0.29, 0.717) is 31.7 Å². The van der Waals surface area contributed by atoms with Gasteiger partial charge >= 0.3 is 0 Å². The highest BCUT2D eigenvalue weighted by molar-refractivity contribution is 6.00. The minimum atomic E-state index is -0.325. The number of nitrogens with zero attached hydrogens (tertiary/aromatic N) is 3. The zero-order valence-corrected chi connectivity index (χ0v) is 17.5. The molecule has 0 spiro atoms. The minimum Gasteiger partial charge on any atom is -0.484 e. The molecule has 1 N–H and O–H groups in total. The minimum absolute atomic E-state index is 0.0218. The number of aromatic nitrogens is 1. The summed E-state index contributed by atoms with van der Waals surface area (Å²) in [5.74, 6) is -0.276. The van der Waals surface area contributed by atoms with E-state index in [1.165, 1.54) is 0 Å².